The number of benzene rings is 2. The zero-order valence-electron chi connectivity index (χ0n) is 16.6. The van der Waals surface area contributed by atoms with Crippen molar-refractivity contribution in [1.82, 2.24) is 15.1 Å². The van der Waals surface area contributed by atoms with Gasteiger partial charge in [0, 0.05) is 13.6 Å². The molecule has 0 aliphatic carbocycles. The van der Waals surface area contributed by atoms with E-state index in [1.165, 1.54) is 12.1 Å². The van der Waals surface area contributed by atoms with Gasteiger partial charge in [0.05, 0.1) is 19.2 Å². The molecular formula is C21H28FN3O2. The van der Waals surface area contributed by atoms with Crippen molar-refractivity contribution in [2.24, 2.45) is 0 Å². The van der Waals surface area contributed by atoms with Crippen LogP contribution >= 0.6 is 0 Å². The zero-order valence-corrected chi connectivity index (χ0v) is 16.6. The average Bonchev–Trinajstić information content (AvgIpc) is 2.67. The van der Waals surface area contributed by atoms with Crippen molar-refractivity contribution in [2.45, 2.75) is 19.0 Å². The van der Waals surface area contributed by atoms with Crippen molar-refractivity contribution >= 4 is 6.03 Å². The molecule has 2 atom stereocenters. The molecule has 0 heterocycles. The van der Waals surface area contributed by atoms with E-state index in [9.17, 15) is 9.18 Å². The highest BCUT2D eigenvalue weighted by Crippen LogP contribution is 2.23. The fourth-order valence-electron chi connectivity index (χ4n) is 2.90. The van der Waals surface area contributed by atoms with Crippen molar-refractivity contribution in [3.63, 3.8) is 0 Å². The van der Waals surface area contributed by atoms with Crippen LogP contribution in [0.25, 0.3) is 0 Å². The number of nitrogens with zero attached hydrogens (tertiary/aromatic N) is 2. The second kappa shape index (κ2) is 9.37. The Balaban J connectivity index is 2.03. The molecule has 0 saturated carbocycles. The van der Waals surface area contributed by atoms with Gasteiger partial charge in [-0.1, -0.05) is 24.3 Å². The van der Waals surface area contributed by atoms with Crippen molar-refractivity contribution in [2.75, 3.05) is 34.8 Å². The molecule has 0 unspecified atom stereocenters. The Morgan fingerprint density at radius 1 is 1.11 bits per heavy atom. The molecule has 146 valence electrons. The van der Waals surface area contributed by atoms with E-state index in [0.29, 0.717) is 6.54 Å². The largest absolute Gasteiger partial charge is 0.497 e. The molecule has 0 fully saturated rings. The highest BCUT2D eigenvalue weighted by molar-refractivity contribution is 5.74. The van der Waals surface area contributed by atoms with Gasteiger partial charge in [-0.05, 0) is 56.4 Å². The van der Waals surface area contributed by atoms with E-state index >= 15 is 0 Å². The van der Waals surface area contributed by atoms with Crippen molar-refractivity contribution in [3.8, 4) is 5.75 Å². The third-order valence-electron chi connectivity index (χ3n) is 4.80. The van der Waals surface area contributed by atoms with E-state index in [0.717, 1.165) is 16.9 Å². The molecule has 2 aromatic carbocycles. The molecule has 0 aliphatic rings. The van der Waals surface area contributed by atoms with Crippen LogP contribution < -0.4 is 10.1 Å². The van der Waals surface area contributed by atoms with Crippen LogP contribution in [0, 0.1) is 5.82 Å². The fourth-order valence-corrected chi connectivity index (χ4v) is 2.90. The second-order valence-corrected chi connectivity index (χ2v) is 6.78. The molecule has 0 bridgehead atoms. The summed E-state index contributed by atoms with van der Waals surface area (Å²) in [6, 6.07) is 13.7. The molecule has 6 heteroatoms. The van der Waals surface area contributed by atoms with Crippen LogP contribution in [-0.4, -0.2) is 50.6 Å². The summed E-state index contributed by atoms with van der Waals surface area (Å²) >= 11 is 0. The van der Waals surface area contributed by atoms with E-state index in [-0.39, 0.29) is 23.9 Å². The predicted molar refractivity (Wildman–Crippen MR) is 105 cm³/mol. The van der Waals surface area contributed by atoms with E-state index in [2.05, 4.69) is 10.2 Å². The van der Waals surface area contributed by atoms with Crippen LogP contribution in [-0.2, 0) is 0 Å². The quantitative estimate of drug-likeness (QED) is 0.802. The molecule has 0 aliphatic heterocycles. The standard InChI is InChI=1S/C21H28FN3O2/c1-15(16-9-11-18(22)12-10-16)25(4)21(26)23-14-20(24(2)3)17-7-6-8-19(13-17)27-5/h6-13,15,20H,14H2,1-5H3,(H,23,26)/t15-,20+/m1/s1. The van der Waals surface area contributed by atoms with Crippen LogP contribution in [0.5, 0.6) is 5.75 Å². The van der Waals surface area contributed by atoms with Gasteiger partial charge in [-0.3, -0.25) is 0 Å². The first-order chi connectivity index (χ1) is 12.8. The average molecular weight is 373 g/mol. The first kappa shape index (κ1) is 20.7. The maximum absolute atomic E-state index is 13.1. The number of nitrogens with one attached hydrogen (secondary N) is 1. The molecule has 0 radical (unpaired) electrons. The van der Waals surface area contributed by atoms with Gasteiger partial charge in [0.15, 0.2) is 0 Å². The minimum absolute atomic E-state index is 0.0126. The molecule has 0 spiro atoms. The number of halogens is 1. The van der Waals surface area contributed by atoms with Gasteiger partial charge in [-0.25, -0.2) is 9.18 Å². The smallest absolute Gasteiger partial charge is 0.317 e. The highest BCUT2D eigenvalue weighted by Gasteiger charge is 2.20. The van der Waals surface area contributed by atoms with Gasteiger partial charge in [0.2, 0.25) is 0 Å². The first-order valence-electron chi connectivity index (χ1n) is 8.90. The maximum Gasteiger partial charge on any atom is 0.317 e. The molecule has 27 heavy (non-hydrogen) atoms. The lowest BCUT2D eigenvalue weighted by Crippen LogP contribution is -2.42. The SMILES string of the molecule is COc1cccc([C@H](CNC(=O)N(C)[C@H](C)c2ccc(F)cc2)N(C)C)c1. The second-order valence-electron chi connectivity index (χ2n) is 6.78. The van der Waals surface area contributed by atoms with Crippen LogP contribution in [0.4, 0.5) is 9.18 Å². The minimum Gasteiger partial charge on any atom is -0.497 e. The Labute approximate surface area is 160 Å². The number of hydrogen-bond acceptors (Lipinski definition) is 3. The fraction of sp³-hybridized carbons (Fsp3) is 0.381. The normalized spacial score (nSPS) is 13.1. The summed E-state index contributed by atoms with van der Waals surface area (Å²) < 4.78 is 18.4. The molecule has 0 saturated heterocycles. The number of methoxy groups -OCH3 is 1. The van der Waals surface area contributed by atoms with Crippen LogP contribution in [0.2, 0.25) is 0 Å². The van der Waals surface area contributed by atoms with Crippen molar-refractivity contribution in [3.05, 3.63) is 65.5 Å². The van der Waals surface area contributed by atoms with E-state index in [1.54, 1.807) is 31.2 Å². The van der Waals surface area contributed by atoms with Gasteiger partial charge < -0.3 is 19.9 Å². The van der Waals surface area contributed by atoms with Crippen LogP contribution in [0.15, 0.2) is 48.5 Å². The number of hydrogen-bond donors (Lipinski definition) is 1. The first-order valence-corrected chi connectivity index (χ1v) is 8.90. The topological polar surface area (TPSA) is 44.8 Å². The lowest BCUT2D eigenvalue weighted by molar-refractivity contribution is 0.189. The summed E-state index contributed by atoms with van der Waals surface area (Å²) in [5, 5.41) is 2.99. The summed E-state index contributed by atoms with van der Waals surface area (Å²) in [5.74, 6) is 0.498. The molecule has 1 N–H and O–H groups in total. The molecular weight excluding hydrogens is 345 g/mol. The Morgan fingerprint density at radius 3 is 2.37 bits per heavy atom. The van der Waals surface area contributed by atoms with Crippen LogP contribution in [0.1, 0.15) is 30.1 Å². The molecule has 0 aromatic heterocycles. The summed E-state index contributed by atoms with van der Waals surface area (Å²) in [7, 11) is 7.32. The number of carbonyl (C=O) groups excluding carboxylic acids is 1. The lowest BCUT2D eigenvalue weighted by atomic mass is 10.1. The van der Waals surface area contributed by atoms with Gasteiger partial charge in [-0.2, -0.15) is 0 Å². The summed E-state index contributed by atoms with van der Waals surface area (Å²) in [6.07, 6.45) is 0. The predicted octanol–water partition coefficient (Wildman–Crippen LogP) is 3.84. The molecule has 2 amide bonds. The summed E-state index contributed by atoms with van der Waals surface area (Å²) in [6.45, 7) is 2.37. The number of urea groups is 1. The molecule has 2 rings (SSSR count). The highest BCUT2D eigenvalue weighted by atomic mass is 19.1. The Kier molecular flexibility index (Phi) is 7.19. The van der Waals surface area contributed by atoms with Gasteiger partial charge in [0.1, 0.15) is 11.6 Å². The Hall–Kier alpha value is -2.60. The Morgan fingerprint density at radius 2 is 1.78 bits per heavy atom. The van der Waals surface area contributed by atoms with E-state index < -0.39 is 0 Å². The summed E-state index contributed by atoms with van der Waals surface area (Å²) in [4.78, 5) is 16.3. The zero-order chi connectivity index (χ0) is 20.0. The summed E-state index contributed by atoms with van der Waals surface area (Å²) in [5.41, 5.74) is 1.94. The number of rotatable bonds is 7. The van der Waals surface area contributed by atoms with E-state index in [4.69, 9.17) is 4.74 Å². The van der Waals surface area contributed by atoms with Gasteiger partial charge in [-0.15, -0.1) is 0 Å². The third kappa shape index (κ3) is 5.44. The van der Waals surface area contributed by atoms with E-state index in [1.807, 2.05) is 45.3 Å². The number of carbonyl (C=O) groups is 1. The molecule has 2 aromatic rings. The number of ether oxygens (including phenoxy) is 1. The molecule has 5 nitrogen and oxygen atoms in total. The Bertz CT molecular complexity index is 749. The van der Waals surface area contributed by atoms with Gasteiger partial charge >= 0.3 is 6.03 Å². The number of likely N-dealkylation sites (N-methyl/N-ethyl adjacent to an activating group) is 1. The van der Waals surface area contributed by atoms with Gasteiger partial charge in [0.25, 0.3) is 0 Å². The number of amides is 2. The monoisotopic (exact) mass is 373 g/mol. The lowest BCUT2D eigenvalue weighted by Gasteiger charge is -2.29. The van der Waals surface area contributed by atoms with Crippen molar-refractivity contribution in [1.29, 1.82) is 0 Å². The third-order valence-corrected chi connectivity index (χ3v) is 4.80. The van der Waals surface area contributed by atoms with Crippen molar-refractivity contribution < 1.29 is 13.9 Å². The maximum atomic E-state index is 13.1. The van der Waals surface area contributed by atoms with Crippen LogP contribution in [0.3, 0.4) is 0 Å². The minimum atomic E-state index is -0.287.